The van der Waals surface area contributed by atoms with Crippen LogP contribution in [-0.2, 0) is 32.0 Å². The first-order chi connectivity index (χ1) is 18.0. The maximum absolute atomic E-state index is 13.4. The summed E-state index contributed by atoms with van der Waals surface area (Å²) in [6, 6.07) is 10.2. The maximum atomic E-state index is 13.4. The Morgan fingerprint density at radius 1 is 0.763 bits per heavy atom. The molecule has 0 radical (unpaired) electrons. The summed E-state index contributed by atoms with van der Waals surface area (Å²) < 4.78 is 0. The number of aliphatic carboxylic acids is 1. The molecule has 206 valence electrons. The lowest BCUT2D eigenvalue weighted by Gasteiger charge is -2.25. The summed E-state index contributed by atoms with van der Waals surface area (Å²) in [5.74, 6) is -3.32. The lowest BCUT2D eigenvalue weighted by molar-refractivity contribution is -0.142. The van der Waals surface area contributed by atoms with Gasteiger partial charge in [-0.15, -0.1) is 0 Å². The molecule has 0 bridgehead atoms. The molecule has 0 aromatic heterocycles. The van der Waals surface area contributed by atoms with E-state index in [9.17, 15) is 34.5 Å². The summed E-state index contributed by atoms with van der Waals surface area (Å²) in [4.78, 5) is 50.7. The fraction of sp³-hybridized carbons (Fsp3) is 0.407. The minimum Gasteiger partial charge on any atom is -0.508 e. The quantitative estimate of drug-likeness (QED) is 0.179. The van der Waals surface area contributed by atoms with Crippen LogP contribution < -0.4 is 21.7 Å². The van der Waals surface area contributed by atoms with E-state index in [4.69, 9.17) is 5.73 Å². The SMILES string of the molecule is CC(C)CC(NC(=O)C(Cc1ccccc1)NC(=O)C(Cc1ccc(O)cc1)NC(=O)C(N)CO)C(=O)O. The third-order valence-electron chi connectivity index (χ3n) is 5.78. The Labute approximate surface area is 221 Å². The highest BCUT2D eigenvalue weighted by Gasteiger charge is 2.31. The van der Waals surface area contributed by atoms with Crippen LogP contribution in [0.3, 0.4) is 0 Å². The van der Waals surface area contributed by atoms with E-state index in [2.05, 4.69) is 16.0 Å². The predicted molar refractivity (Wildman–Crippen MR) is 140 cm³/mol. The van der Waals surface area contributed by atoms with Crippen LogP contribution >= 0.6 is 0 Å². The standard InChI is InChI=1S/C27H36N4O7/c1-16(2)12-23(27(37)38)31-26(36)22(13-17-6-4-3-5-7-17)30-25(35)21(29-24(34)20(28)15-32)14-18-8-10-19(33)11-9-18/h3-11,16,20-23,32-33H,12-15,28H2,1-2H3,(H,29,34)(H,30,35)(H,31,36)(H,37,38). The Hall–Kier alpha value is -3.96. The number of aliphatic hydroxyl groups excluding tert-OH is 1. The smallest absolute Gasteiger partial charge is 0.326 e. The summed E-state index contributed by atoms with van der Waals surface area (Å²) in [6.07, 6.45) is 0.273. The molecule has 2 rings (SSSR count). The van der Waals surface area contributed by atoms with Crippen molar-refractivity contribution in [3.05, 3.63) is 65.7 Å². The Balaban J connectivity index is 2.30. The second kappa shape index (κ2) is 14.7. The van der Waals surface area contributed by atoms with Gasteiger partial charge in [0.1, 0.15) is 29.9 Å². The summed E-state index contributed by atoms with van der Waals surface area (Å²) in [5, 5.41) is 36.0. The van der Waals surface area contributed by atoms with E-state index in [1.807, 2.05) is 13.8 Å². The van der Waals surface area contributed by atoms with Crippen molar-refractivity contribution in [2.24, 2.45) is 11.7 Å². The second-order valence-corrected chi connectivity index (χ2v) is 9.50. The topological polar surface area (TPSA) is 191 Å². The van der Waals surface area contributed by atoms with Crippen LogP contribution in [0.2, 0.25) is 0 Å². The van der Waals surface area contributed by atoms with E-state index in [0.29, 0.717) is 5.56 Å². The van der Waals surface area contributed by atoms with Crippen molar-refractivity contribution in [1.29, 1.82) is 0 Å². The Kier molecular flexibility index (Phi) is 11.7. The first-order valence-corrected chi connectivity index (χ1v) is 12.3. The number of carboxylic acids is 1. The van der Waals surface area contributed by atoms with E-state index < -0.39 is 54.5 Å². The number of carboxylic acid groups (broad SMARTS) is 1. The molecule has 11 nitrogen and oxygen atoms in total. The zero-order chi connectivity index (χ0) is 28.2. The number of amides is 3. The van der Waals surface area contributed by atoms with Crippen molar-refractivity contribution >= 4 is 23.7 Å². The van der Waals surface area contributed by atoms with E-state index in [1.54, 1.807) is 42.5 Å². The molecule has 4 atom stereocenters. The zero-order valence-corrected chi connectivity index (χ0v) is 21.5. The normalized spacial score (nSPS) is 14.1. The highest BCUT2D eigenvalue weighted by atomic mass is 16.4. The lowest BCUT2D eigenvalue weighted by Crippen LogP contribution is -2.58. The lowest BCUT2D eigenvalue weighted by atomic mass is 10.0. The molecule has 8 N–H and O–H groups in total. The third kappa shape index (κ3) is 9.83. The molecule has 3 amide bonds. The van der Waals surface area contributed by atoms with Crippen molar-refractivity contribution in [2.45, 2.75) is 57.3 Å². The first-order valence-electron chi connectivity index (χ1n) is 12.3. The predicted octanol–water partition coefficient (Wildman–Crippen LogP) is 0.0821. The third-order valence-corrected chi connectivity index (χ3v) is 5.78. The average Bonchev–Trinajstić information content (AvgIpc) is 2.88. The zero-order valence-electron chi connectivity index (χ0n) is 21.5. The summed E-state index contributed by atoms with van der Waals surface area (Å²) in [5.41, 5.74) is 6.94. The fourth-order valence-corrected chi connectivity index (χ4v) is 3.74. The molecule has 0 fully saturated rings. The summed E-state index contributed by atoms with van der Waals surface area (Å²) in [6.45, 7) is 3.03. The van der Waals surface area contributed by atoms with E-state index in [-0.39, 0.29) is 30.9 Å². The number of aliphatic hydroxyl groups is 1. The van der Waals surface area contributed by atoms with Gasteiger partial charge in [0.2, 0.25) is 17.7 Å². The van der Waals surface area contributed by atoms with Crippen LogP contribution in [0.1, 0.15) is 31.4 Å². The van der Waals surface area contributed by atoms with Crippen LogP contribution in [0.25, 0.3) is 0 Å². The van der Waals surface area contributed by atoms with Crippen molar-refractivity contribution < 1.29 is 34.5 Å². The summed E-state index contributed by atoms with van der Waals surface area (Å²) >= 11 is 0. The molecule has 38 heavy (non-hydrogen) atoms. The van der Waals surface area contributed by atoms with Crippen molar-refractivity contribution in [3.63, 3.8) is 0 Å². The number of carbonyl (C=O) groups excluding carboxylic acids is 3. The van der Waals surface area contributed by atoms with Gasteiger partial charge in [-0.3, -0.25) is 14.4 Å². The molecule has 11 heteroatoms. The highest BCUT2D eigenvalue weighted by molar-refractivity contribution is 5.94. The molecule has 4 unspecified atom stereocenters. The number of phenols is 1. The number of hydrogen-bond acceptors (Lipinski definition) is 7. The number of nitrogens with two attached hydrogens (primary N) is 1. The van der Waals surface area contributed by atoms with Crippen LogP contribution in [0, 0.1) is 5.92 Å². The first kappa shape index (κ1) is 30.3. The van der Waals surface area contributed by atoms with Crippen LogP contribution in [-0.4, -0.2) is 69.8 Å². The molecule has 2 aromatic carbocycles. The van der Waals surface area contributed by atoms with E-state index in [1.165, 1.54) is 12.1 Å². The van der Waals surface area contributed by atoms with Crippen molar-refractivity contribution in [2.75, 3.05) is 6.61 Å². The molecule has 0 heterocycles. The minimum absolute atomic E-state index is 0.000741. The molecule has 0 saturated carbocycles. The Bertz CT molecular complexity index is 1080. The maximum Gasteiger partial charge on any atom is 0.326 e. The van der Waals surface area contributed by atoms with E-state index >= 15 is 0 Å². The van der Waals surface area contributed by atoms with Crippen molar-refractivity contribution in [3.8, 4) is 5.75 Å². The van der Waals surface area contributed by atoms with Crippen LogP contribution in [0.4, 0.5) is 0 Å². The van der Waals surface area contributed by atoms with Gasteiger partial charge in [0.05, 0.1) is 6.61 Å². The van der Waals surface area contributed by atoms with Crippen LogP contribution in [0.5, 0.6) is 5.75 Å². The largest absolute Gasteiger partial charge is 0.508 e. The van der Waals surface area contributed by atoms with Gasteiger partial charge in [0.25, 0.3) is 0 Å². The Morgan fingerprint density at radius 3 is 1.71 bits per heavy atom. The molecule has 2 aromatic rings. The van der Waals surface area contributed by atoms with Gasteiger partial charge in [0.15, 0.2) is 0 Å². The fourth-order valence-electron chi connectivity index (χ4n) is 3.74. The molecular formula is C27H36N4O7. The van der Waals surface area contributed by atoms with Gasteiger partial charge >= 0.3 is 5.97 Å². The molecule has 0 aliphatic heterocycles. The molecule has 0 saturated heterocycles. The number of nitrogens with one attached hydrogen (secondary N) is 3. The molecule has 0 aliphatic rings. The summed E-state index contributed by atoms with van der Waals surface area (Å²) in [7, 11) is 0. The molecular weight excluding hydrogens is 492 g/mol. The molecule has 0 spiro atoms. The Morgan fingerprint density at radius 2 is 1.24 bits per heavy atom. The van der Waals surface area contributed by atoms with Crippen LogP contribution in [0.15, 0.2) is 54.6 Å². The van der Waals surface area contributed by atoms with Gasteiger partial charge in [-0.2, -0.15) is 0 Å². The van der Waals surface area contributed by atoms with Crippen molar-refractivity contribution in [1.82, 2.24) is 16.0 Å². The average molecular weight is 529 g/mol. The molecule has 0 aliphatic carbocycles. The number of benzene rings is 2. The number of aromatic hydroxyl groups is 1. The monoisotopic (exact) mass is 528 g/mol. The minimum atomic E-state index is -1.26. The number of carbonyl (C=O) groups is 4. The van der Waals surface area contributed by atoms with Gasteiger partial charge in [-0.1, -0.05) is 56.3 Å². The van der Waals surface area contributed by atoms with E-state index in [0.717, 1.165) is 5.56 Å². The number of rotatable bonds is 14. The number of hydrogen-bond donors (Lipinski definition) is 7. The van der Waals surface area contributed by atoms with Gasteiger partial charge in [-0.25, -0.2) is 4.79 Å². The second-order valence-electron chi connectivity index (χ2n) is 9.50. The highest BCUT2D eigenvalue weighted by Crippen LogP contribution is 2.13. The van der Waals surface area contributed by atoms with Gasteiger partial charge < -0.3 is 37.0 Å². The van der Waals surface area contributed by atoms with Gasteiger partial charge in [-0.05, 0) is 35.6 Å². The van der Waals surface area contributed by atoms with Gasteiger partial charge in [0, 0.05) is 12.8 Å². The number of phenolic OH excluding ortho intramolecular Hbond substituents is 1.